The van der Waals surface area contributed by atoms with Crippen molar-refractivity contribution in [3.8, 4) is 17.0 Å². The predicted octanol–water partition coefficient (Wildman–Crippen LogP) is 2.22. The molecule has 7 nitrogen and oxygen atoms in total. The Morgan fingerprint density at radius 3 is 2.63 bits per heavy atom. The quantitative estimate of drug-likeness (QED) is 0.763. The van der Waals surface area contributed by atoms with Crippen LogP contribution in [-0.2, 0) is 16.1 Å². The molecule has 1 aliphatic rings. The van der Waals surface area contributed by atoms with Crippen LogP contribution in [0.1, 0.15) is 26.3 Å². The number of carbonyl (C=O) groups is 2. The molecule has 1 aliphatic heterocycles. The fourth-order valence-corrected chi connectivity index (χ4v) is 3.68. The van der Waals surface area contributed by atoms with Crippen LogP contribution < -0.4 is 15.4 Å². The smallest absolute Gasteiger partial charge is 0.244 e. The van der Waals surface area contributed by atoms with E-state index in [1.54, 1.807) is 18.2 Å². The summed E-state index contributed by atoms with van der Waals surface area (Å²) in [5.41, 5.74) is 2.70. The summed E-state index contributed by atoms with van der Waals surface area (Å²) in [4.78, 5) is 31.6. The fourth-order valence-electron chi connectivity index (χ4n) is 3.68. The zero-order valence-electron chi connectivity index (χ0n) is 18.0. The number of nitrogens with zero attached hydrogens (tertiary/aromatic N) is 2. The third-order valence-corrected chi connectivity index (χ3v) is 5.32. The number of pyridine rings is 1. The van der Waals surface area contributed by atoms with Gasteiger partial charge in [-0.05, 0) is 24.6 Å². The number of aromatic nitrogens is 1. The lowest BCUT2D eigenvalue weighted by Crippen LogP contribution is -2.63. The van der Waals surface area contributed by atoms with Crippen molar-refractivity contribution in [1.82, 2.24) is 20.5 Å². The minimum atomic E-state index is -0.499. The van der Waals surface area contributed by atoms with Crippen LogP contribution in [0.2, 0.25) is 0 Å². The average Bonchev–Trinajstić information content (AvgIpc) is 2.77. The lowest BCUT2D eigenvalue weighted by Gasteiger charge is -2.41. The Balaban J connectivity index is 1.66. The first kappa shape index (κ1) is 21.8. The van der Waals surface area contributed by atoms with E-state index < -0.39 is 6.04 Å². The SMILES string of the molecule is COc1cccnc1-c1ccc(CNC(=O)C2CNCC(C)N2C(=O)C(C)C)cc1. The van der Waals surface area contributed by atoms with Crippen molar-refractivity contribution >= 4 is 11.8 Å². The molecular formula is C23H30N4O3. The molecule has 160 valence electrons. The number of methoxy groups -OCH3 is 1. The van der Waals surface area contributed by atoms with Gasteiger partial charge in [0.15, 0.2) is 0 Å². The summed E-state index contributed by atoms with van der Waals surface area (Å²) in [7, 11) is 1.62. The maximum absolute atomic E-state index is 12.9. The van der Waals surface area contributed by atoms with E-state index in [2.05, 4.69) is 15.6 Å². The van der Waals surface area contributed by atoms with Crippen LogP contribution in [-0.4, -0.2) is 54.0 Å². The van der Waals surface area contributed by atoms with E-state index in [1.165, 1.54) is 0 Å². The molecule has 1 saturated heterocycles. The Labute approximate surface area is 177 Å². The number of piperazine rings is 1. The van der Waals surface area contributed by atoms with Crippen molar-refractivity contribution in [2.75, 3.05) is 20.2 Å². The first-order valence-corrected chi connectivity index (χ1v) is 10.3. The molecule has 2 aromatic rings. The maximum Gasteiger partial charge on any atom is 0.244 e. The molecule has 2 N–H and O–H groups in total. The topological polar surface area (TPSA) is 83.6 Å². The summed E-state index contributed by atoms with van der Waals surface area (Å²) in [6, 6.07) is 11.0. The van der Waals surface area contributed by atoms with Gasteiger partial charge in [-0.15, -0.1) is 0 Å². The second kappa shape index (κ2) is 9.71. The molecule has 1 fully saturated rings. The molecule has 7 heteroatoms. The zero-order valence-corrected chi connectivity index (χ0v) is 18.0. The Kier molecular flexibility index (Phi) is 7.05. The Hall–Kier alpha value is -2.93. The van der Waals surface area contributed by atoms with E-state index in [0.717, 1.165) is 16.8 Å². The molecular weight excluding hydrogens is 380 g/mol. The lowest BCUT2D eigenvalue weighted by atomic mass is 10.0. The largest absolute Gasteiger partial charge is 0.494 e. The normalized spacial score (nSPS) is 18.9. The van der Waals surface area contributed by atoms with Gasteiger partial charge < -0.3 is 20.3 Å². The van der Waals surface area contributed by atoms with E-state index in [1.807, 2.05) is 57.2 Å². The highest BCUT2D eigenvalue weighted by molar-refractivity contribution is 5.89. The van der Waals surface area contributed by atoms with Crippen LogP contribution in [0.15, 0.2) is 42.6 Å². The van der Waals surface area contributed by atoms with Crippen LogP contribution in [0.4, 0.5) is 0 Å². The number of carbonyl (C=O) groups excluding carboxylic acids is 2. The van der Waals surface area contributed by atoms with E-state index >= 15 is 0 Å². The number of ether oxygens (including phenoxy) is 1. The molecule has 0 radical (unpaired) electrons. The number of nitrogens with one attached hydrogen (secondary N) is 2. The maximum atomic E-state index is 12.9. The summed E-state index contributed by atoms with van der Waals surface area (Å²) in [5.74, 6) is 0.445. The van der Waals surface area contributed by atoms with E-state index in [9.17, 15) is 9.59 Å². The van der Waals surface area contributed by atoms with Crippen LogP contribution in [0, 0.1) is 5.92 Å². The summed E-state index contributed by atoms with van der Waals surface area (Å²) in [5, 5.41) is 6.23. The van der Waals surface area contributed by atoms with Gasteiger partial charge in [-0.2, -0.15) is 0 Å². The molecule has 0 bridgehead atoms. The first-order chi connectivity index (χ1) is 14.4. The highest BCUT2D eigenvalue weighted by atomic mass is 16.5. The van der Waals surface area contributed by atoms with Gasteiger partial charge in [0, 0.05) is 43.4 Å². The number of benzene rings is 1. The van der Waals surface area contributed by atoms with Gasteiger partial charge >= 0.3 is 0 Å². The molecule has 2 amide bonds. The van der Waals surface area contributed by atoms with E-state index in [-0.39, 0.29) is 23.8 Å². The average molecular weight is 411 g/mol. The highest BCUT2D eigenvalue weighted by Gasteiger charge is 2.36. The van der Waals surface area contributed by atoms with Gasteiger partial charge in [-0.3, -0.25) is 14.6 Å². The lowest BCUT2D eigenvalue weighted by molar-refractivity contribution is -0.146. The van der Waals surface area contributed by atoms with Gasteiger partial charge in [0.2, 0.25) is 11.8 Å². The summed E-state index contributed by atoms with van der Waals surface area (Å²) >= 11 is 0. The minimum absolute atomic E-state index is 0.0119. The highest BCUT2D eigenvalue weighted by Crippen LogP contribution is 2.27. The van der Waals surface area contributed by atoms with E-state index in [0.29, 0.717) is 25.4 Å². The number of hydrogen-bond donors (Lipinski definition) is 2. The number of rotatable bonds is 6. The van der Waals surface area contributed by atoms with E-state index in [4.69, 9.17) is 4.74 Å². The number of amides is 2. The van der Waals surface area contributed by atoms with Crippen molar-refractivity contribution in [2.24, 2.45) is 5.92 Å². The third-order valence-electron chi connectivity index (χ3n) is 5.32. The Morgan fingerprint density at radius 1 is 1.23 bits per heavy atom. The molecule has 3 rings (SSSR count). The predicted molar refractivity (Wildman–Crippen MR) is 116 cm³/mol. The molecule has 0 spiro atoms. The van der Waals surface area contributed by atoms with Crippen molar-refractivity contribution in [3.63, 3.8) is 0 Å². The van der Waals surface area contributed by atoms with Crippen molar-refractivity contribution < 1.29 is 14.3 Å². The fraction of sp³-hybridized carbons (Fsp3) is 0.435. The summed E-state index contributed by atoms with van der Waals surface area (Å²) in [6.07, 6.45) is 1.73. The molecule has 2 heterocycles. The van der Waals surface area contributed by atoms with Gasteiger partial charge in [0.05, 0.1) is 7.11 Å². The zero-order chi connectivity index (χ0) is 21.7. The monoisotopic (exact) mass is 410 g/mol. The van der Waals surface area contributed by atoms with Crippen molar-refractivity contribution in [3.05, 3.63) is 48.2 Å². The van der Waals surface area contributed by atoms with Gasteiger partial charge in [-0.25, -0.2) is 0 Å². The Bertz CT molecular complexity index is 882. The Morgan fingerprint density at radius 2 is 1.97 bits per heavy atom. The van der Waals surface area contributed by atoms with Crippen LogP contribution in [0.5, 0.6) is 5.75 Å². The van der Waals surface area contributed by atoms with Gasteiger partial charge in [-0.1, -0.05) is 38.1 Å². The molecule has 1 aromatic carbocycles. The van der Waals surface area contributed by atoms with Crippen molar-refractivity contribution in [1.29, 1.82) is 0 Å². The van der Waals surface area contributed by atoms with Crippen molar-refractivity contribution in [2.45, 2.75) is 39.4 Å². The second-order valence-electron chi connectivity index (χ2n) is 7.89. The van der Waals surface area contributed by atoms with Gasteiger partial charge in [0.1, 0.15) is 17.5 Å². The first-order valence-electron chi connectivity index (χ1n) is 10.3. The summed E-state index contributed by atoms with van der Waals surface area (Å²) in [6.45, 7) is 7.26. The number of hydrogen-bond acceptors (Lipinski definition) is 5. The van der Waals surface area contributed by atoms with Crippen LogP contribution in [0.25, 0.3) is 11.3 Å². The molecule has 0 aliphatic carbocycles. The molecule has 30 heavy (non-hydrogen) atoms. The molecule has 2 unspecified atom stereocenters. The van der Waals surface area contributed by atoms with Crippen LogP contribution in [0.3, 0.4) is 0 Å². The van der Waals surface area contributed by atoms with Crippen LogP contribution >= 0.6 is 0 Å². The molecule has 0 saturated carbocycles. The summed E-state index contributed by atoms with van der Waals surface area (Å²) < 4.78 is 5.37. The second-order valence-corrected chi connectivity index (χ2v) is 7.89. The van der Waals surface area contributed by atoms with Gasteiger partial charge in [0.25, 0.3) is 0 Å². The molecule has 1 aromatic heterocycles. The molecule has 2 atom stereocenters. The minimum Gasteiger partial charge on any atom is -0.494 e. The standard InChI is InChI=1S/C23H30N4O3/c1-15(2)23(29)27-16(3)12-24-14-19(27)22(28)26-13-17-7-9-18(10-8-17)21-20(30-4)6-5-11-25-21/h5-11,15-16,19,24H,12-14H2,1-4H3,(H,26,28). The third kappa shape index (κ3) is 4.79.